The van der Waals surface area contributed by atoms with Crippen molar-refractivity contribution in [2.75, 3.05) is 0 Å². The molecule has 1 aliphatic heterocycles. The minimum Gasteiger partial charge on any atom is -0.423 e. The molecule has 0 aromatic heterocycles. The van der Waals surface area contributed by atoms with E-state index in [1.807, 2.05) is 0 Å². The normalized spacial score (nSPS) is 17.4. The highest BCUT2D eigenvalue weighted by Gasteiger charge is 2.21. The predicted octanol–water partition coefficient (Wildman–Crippen LogP) is -0.145. The molecule has 4 nitrogen and oxygen atoms in total. The molecular weight excluding hydrogens is 257 g/mol. The number of hydrogen-bond acceptors (Lipinski definition) is 5. The second kappa shape index (κ2) is 5.01. The van der Waals surface area contributed by atoms with Crippen LogP contribution in [-0.2, 0) is 4.79 Å². The predicted molar refractivity (Wildman–Crippen MR) is 72.6 cm³/mol. The van der Waals surface area contributed by atoms with Crippen LogP contribution in [0.1, 0.15) is 5.56 Å². The molecule has 1 amide bonds. The summed E-state index contributed by atoms with van der Waals surface area (Å²) in [5, 5.41) is 20.4. The molecule has 0 bridgehead atoms. The van der Waals surface area contributed by atoms with Gasteiger partial charge in [-0.3, -0.25) is 4.79 Å². The Bertz CT molecular complexity index is 499. The van der Waals surface area contributed by atoms with Crippen molar-refractivity contribution in [1.82, 2.24) is 5.32 Å². The van der Waals surface area contributed by atoms with E-state index in [0.29, 0.717) is 14.7 Å². The van der Waals surface area contributed by atoms with Gasteiger partial charge in [-0.15, -0.1) is 0 Å². The second-order valence-electron chi connectivity index (χ2n) is 3.39. The number of hydrogen-bond donors (Lipinski definition) is 3. The topological polar surface area (TPSA) is 69.6 Å². The number of thiocarbonyl (C=S) groups is 1. The molecule has 0 radical (unpaired) electrons. The van der Waals surface area contributed by atoms with Crippen molar-refractivity contribution in [2.24, 2.45) is 0 Å². The molecule has 3 N–H and O–H groups in total. The summed E-state index contributed by atoms with van der Waals surface area (Å²) in [5.74, 6) is -0.203. The minimum absolute atomic E-state index is 0.203. The largest absolute Gasteiger partial charge is 0.488 e. The molecule has 0 atom stereocenters. The molecule has 86 valence electrons. The Morgan fingerprint density at radius 1 is 1.29 bits per heavy atom. The highest BCUT2D eigenvalue weighted by molar-refractivity contribution is 8.26. The molecule has 0 spiro atoms. The van der Waals surface area contributed by atoms with Gasteiger partial charge in [-0.2, -0.15) is 0 Å². The highest BCUT2D eigenvalue weighted by atomic mass is 32.2. The molecule has 1 aromatic carbocycles. The number of rotatable bonds is 2. The Labute approximate surface area is 108 Å². The minimum atomic E-state index is -1.48. The number of thioether (sulfide) groups is 1. The van der Waals surface area contributed by atoms with Gasteiger partial charge >= 0.3 is 7.12 Å². The molecule has 1 aromatic rings. The average Bonchev–Trinajstić information content (AvgIpc) is 2.58. The molecule has 2 rings (SSSR count). The third kappa shape index (κ3) is 2.95. The van der Waals surface area contributed by atoms with Crippen molar-refractivity contribution in [1.29, 1.82) is 0 Å². The van der Waals surface area contributed by atoms with Crippen LogP contribution < -0.4 is 10.8 Å². The molecule has 0 saturated carbocycles. The maximum Gasteiger partial charge on any atom is 0.488 e. The van der Waals surface area contributed by atoms with Crippen LogP contribution in [-0.4, -0.2) is 27.4 Å². The van der Waals surface area contributed by atoms with Crippen LogP contribution in [0.2, 0.25) is 0 Å². The summed E-state index contributed by atoms with van der Waals surface area (Å²) in [6.07, 6.45) is 1.70. The number of amides is 1. The summed E-state index contributed by atoms with van der Waals surface area (Å²) in [5.41, 5.74) is 1.21. The smallest absolute Gasteiger partial charge is 0.423 e. The average molecular weight is 265 g/mol. The van der Waals surface area contributed by atoms with Gasteiger partial charge < -0.3 is 15.4 Å². The Morgan fingerprint density at radius 3 is 2.41 bits per heavy atom. The van der Waals surface area contributed by atoms with E-state index in [2.05, 4.69) is 5.32 Å². The van der Waals surface area contributed by atoms with Crippen LogP contribution >= 0.6 is 24.0 Å². The van der Waals surface area contributed by atoms with Gasteiger partial charge in [-0.05, 0) is 17.1 Å². The van der Waals surface area contributed by atoms with Crippen LogP contribution in [0.15, 0.2) is 29.2 Å². The molecule has 7 heteroatoms. The first-order valence-corrected chi connectivity index (χ1v) is 6.00. The summed E-state index contributed by atoms with van der Waals surface area (Å²) < 4.78 is 0.448. The first kappa shape index (κ1) is 12.3. The lowest BCUT2D eigenvalue weighted by Crippen LogP contribution is -2.29. The lowest BCUT2D eigenvalue weighted by molar-refractivity contribution is -0.115. The van der Waals surface area contributed by atoms with Crippen molar-refractivity contribution in [3.05, 3.63) is 34.7 Å². The van der Waals surface area contributed by atoms with Crippen LogP contribution in [0.5, 0.6) is 0 Å². The third-order valence-electron chi connectivity index (χ3n) is 2.17. The summed E-state index contributed by atoms with van der Waals surface area (Å²) in [7, 11) is -1.48. The van der Waals surface area contributed by atoms with E-state index in [1.165, 1.54) is 11.8 Å². The summed E-state index contributed by atoms with van der Waals surface area (Å²) in [6.45, 7) is 0. The van der Waals surface area contributed by atoms with Crippen LogP contribution in [0, 0.1) is 0 Å². The van der Waals surface area contributed by atoms with Gasteiger partial charge in [-0.25, -0.2) is 0 Å². The van der Waals surface area contributed by atoms with Crippen molar-refractivity contribution in [3.8, 4) is 0 Å². The summed E-state index contributed by atoms with van der Waals surface area (Å²) in [6, 6.07) is 6.59. The fraction of sp³-hybridized carbons (Fsp3) is 0. The van der Waals surface area contributed by atoms with Crippen LogP contribution in [0.3, 0.4) is 0 Å². The van der Waals surface area contributed by atoms with Crippen LogP contribution in [0.25, 0.3) is 6.08 Å². The van der Waals surface area contributed by atoms with Gasteiger partial charge in [0.05, 0.1) is 4.91 Å². The number of nitrogens with one attached hydrogen (secondary N) is 1. The third-order valence-corrected chi connectivity index (χ3v) is 3.34. The van der Waals surface area contributed by atoms with Gasteiger partial charge in [0.1, 0.15) is 4.32 Å². The maximum atomic E-state index is 11.4. The maximum absolute atomic E-state index is 11.4. The highest BCUT2D eigenvalue weighted by Crippen LogP contribution is 2.25. The zero-order chi connectivity index (χ0) is 12.4. The van der Waals surface area contributed by atoms with Gasteiger partial charge in [0.2, 0.25) is 0 Å². The quantitative estimate of drug-likeness (QED) is 0.394. The summed E-state index contributed by atoms with van der Waals surface area (Å²) in [4.78, 5) is 11.9. The Hall–Kier alpha value is -1.15. The van der Waals surface area contributed by atoms with E-state index >= 15 is 0 Å². The Kier molecular flexibility index (Phi) is 3.63. The first-order valence-electron chi connectivity index (χ1n) is 4.77. The standard InChI is InChI=1S/C10H8BNO3S2/c13-9-8(17-10(16)12-9)5-6-1-3-7(4-2-6)11(14)15/h1-5,14-15H,(H,12,13,16). The fourth-order valence-electron chi connectivity index (χ4n) is 1.34. The number of benzene rings is 1. The van der Waals surface area contributed by atoms with Crippen molar-refractivity contribution in [3.63, 3.8) is 0 Å². The number of carbonyl (C=O) groups excluding carboxylic acids is 1. The molecule has 0 aliphatic carbocycles. The molecular formula is C10H8BNO3S2. The molecule has 1 aliphatic rings. The van der Waals surface area contributed by atoms with E-state index in [9.17, 15) is 4.79 Å². The van der Waals surface area contributed by atoms with E-state index in [0.717, 1.165) is 5.56 Å². The molecule has 17 heavy (non-hydrogen) atoms. The second-order valence-corrected chi connectivity index (χ2v) is 5.11. The lowest BCUT2D eigenvalue weighted by Gasteiger charge is -1.99. The molecule has 1 fully saturated rings. The lowest BCUT2D eigenvalue weighted by atomic mass is 9.80. The number of carbonyl (C=O) groups is 1. The molecule has 0 unspecified atom stereocenters. The van der Waals surface area contributed by atoms with Crippen LogP contribution in [0.4, 0.5) is 0 Å². The molecule has 1 heterocycles. The van der Waals surface area contributed by atoms with Crippen molar-refractivity contribution in [2.45, 2.75) is 0 Å². The van der Waals surface area contributed by atoms with Gasteiger partial charge in [0, 0.05) is 0 Å². The Morgan fingerprint density at radius 2 is 1.94 bits per heavy atom. The SMILES string of the molecule is O=C1NC(=S)SC1=Cc1ccc(B(O)O)cc1. The Balaban J connectivity index is 2.21. The van der Waals surface area contributed by atoms with Crippen molar-refractivity contribution >= 4 is 52.9 Å². The zero-order valence-electron chi connectivity index (χ0n) is 8.58. The molecule has 1 saturated heterocycles. The van der Waals surface area contributed by atoms with E-state index in [4.69, 9.17) is 22.3 Å². The monoisotopic (exact) mass is 265 g/mol. The van der Waals surface area contributed by atoms with E-state index < -0.39 is 7.12 Å². The van der Waals surface area contributed by atoms with Crippen molar-refractivity contribution < 1.29 is 14.8 Å². The van der Waals surface area contributed by atoms with E-state index in [-0.39, 0.29) is 5.91 Å². The fourth-order valence-corrected chi connectivity index (χ4v) is 2.38. The zero-order valence-corrected chi connectivity index (χ0v) is 10.2. The van der Waals surface area contributed by atoms with E-state index in [1.54, 1.807) is 30.3 Å². The van der Waals surface area contributed by atoms with Gasteiger partial charge in [-0.1, -0.05) is 48.2 Å². The van der Waals surface area contributed by atoms with Gasteiger partial charge in [0.15, 0.2) is 0 Å². The summed E-state index contributed by atoms with van der Waals surface area (Å²) >= 11 is 6.08. The first-order chi connectivity index (χ1) is 8.06. The van der Waals surface area contributed by atoms with Gasteiger partial charge in [0.25, 0.3) is 5.91 Å².